The van der Waals surface area contributed by atoms with Crippen LogP contribution in [0.4, 0.5) is 0 Å². The maximum Gasteiger partial charge on any atom is 0.237 e. The number of carbonyl (C=O) groups excluding carboxylic acids is 1. The van der Waals surface area contributed by atoms with Crippen LogP contribution >= 0.6 is 0 Å². The standard InChI is InChI=1S/C15H32N4O/c1-12(13(20)17-14(2,3)4)18-7-9-19(10-8-18)15(5,6)11-16/h12H,7-11,16H2,1-6H3,(H,17,20). The number of rotatable bonds is 4. The highest BCUT2D eigenvalue weighted by Crippen LogP contribution is 2.17. The summed E-state index contributed by atoms with van der Waals surface area (Å²) >= 11 is 0. The van der Waals surface area contributed by atoms with Crippen molar-refractivity contribution in [2.75, 3.05) is 32.7 Å². The fraction of sp³-hybridized carbons (Fsp3) is 0.933. The largest absolute Gasteiger partial charge is 0.350 e. The van der Waals surface area contributed by atoms with E-state index in [0.29, 0.717) is 6.54 Å². The summed E-state index contributed by atoms with van der Waals surface area (Å²) in [7, 11) is 0. The van der Waals surface area contributed by atoms with Gasteiger partial charge in [-0.05, 0) is 41.5 Å². The quantitative estimate of drug-likeness (QED) is 0.795. The normalized spacial score (nSPS) is 20.8. The van der Waals surface area contributed by atoms with Crippen molar-refractivity contribution in [2.45, 2.75) is 58.7 Å². The lowest BCUT2D eigenvalue weighted by molar-refractivity contribution is -0.128. The first-order chi connectivity index (χ1) is 9.07. The smallest absolute Gasteiger partial charge is 0.237 e. The minimum absolute atomic E-state index is 0.0446. The molecule has 0 spiro atoms. The van der Waals surface area contributed by atoms with Crippen LogP contribution in [-0.2, 0) is 4.79 Å². The van der Waals surface area contributed by atoms with E-state index < -0.39 is 0 Å². The third-order valence-corrected chi connectivity index (χ3v) is 4.10. The first-order valence-electron chi connectivity index (χ1n) is 7.58. The summed E-state index contributed by atoms with van der Waals surface area (Å²) in [6, 6.07) is -0.0719. The predicted octanol–water partition coefficient (Wildman–Crippen LogP) is 0.645. The maximum atomic E-state index is 12.2. The Labute approximate surface area is 123 Å². The summed E-state index contributed by atoms with van der Waals surface area (Å²) in [5.41, 5.74) is 5.70. The van der Waals surface area contributed by atoms with E-state index in [-0.39, 0.29) is 23.0 Å². The van der Waals surface area contributed by atoms with Gasteiger partial charge in [0.15, 0.2) is 0 Å². The zero-order valence-electron chi connectivity index (χ0n) is 14.0. The van der Waals surface area contributed by atoms with Crippen molar-refractivity contribution >= 4 is 5.91 Å². The Morgan fingerprint density at radius 3 is 2.05 bits per heavy atom. The minimum Gasteiger partial charge on any atom is -0.350 e. The molecule has 1 saturated heterocycles. The predicted molar refractivity (Wildman–Crippen MR) is 83.6 cm³/mol. The Morgan fingerprint density at radius 1 is 1.15 bits per heavy atom. The molecule has 5 heteroatoms. The molecule has 1 fully saturated rings. The Morgan fingerprint density at radius 2 is 1.65 bits per heavy atom. The van der Waals surface area contributed by atoms with E-state index in [9.17, 15) is 4.79 Å². The average Bonchev–Trinajstić information content (AvgIpc) is 2.36. The van der Waals surface area contributed by atoms with Gasteiger partial charge in [0.25, 0.3) is 0 Å². The molecule has 118 valence electrons. The van der Waals surface area contributed by atoms with Crippen LogP contribution in [0.25, 0.3) is 0 Å². The van der Waals surface area contributed by atoms with Crippen LogP contribution in [0.3, 0.4) is 0 Å². The molecule has 1 atom stereocenters. The van der Waals surface area contributed by atoms with Crippen molar-refractivity contribution in [3.8, 4) is 0 Å². The number of nitrogens with zero attached hydrogens (tertiary/aromatic N) is 2. The molecule has 0 aromatic heterocycles. The SMILES string of the molecule is CC(C(=O)NC(C)(C)C)N1CCN(C(C)(C)CN)CC1. The van der Waals surface area contributed by atoms with Gasteiger partial charge in [-0.25, -0.2) is 0 Å². The number of nitrogens with one attached hydrogen (secondary N) is 1. The molecule has 1 aliphatic heterocycles. The van der Waals surface area contributed by atoms with Gasteiger partial charge in [0.1, 0.15) is 0 Å². The van der Waals surface area contributed by atoms with Crippen molar-refractivity contribution in [3.05, 3.63) is 0 Å². The molecule has 1 rings (SSSR count). The van der Waals surface area contributed by atoms with Crippen LogP contribution in [0.2, 0.25) is 0 Å². The van der Waals surface area contributed by atoms with Gasteiger partial charge in [0.05, 0.1) is 6.04 Å². The van der Waals surface area contributed by atoms with Gasteiger partial charge in [0, 0.05) is 43.8 Å². The molecule has 0 saturated carbocycles. The van der Waals surface area contributed by atoms with Crippen molar-refractivity contribution < 1.29 is 4.79 Å². The molecule has 0 radical (unpaired) electrons. The van der Waals surface area contributed by atoms with E-state index in [4.69, 9.17) is 5.73 Å². The van der Waals surface area contributed by atoms with E-state index in [0.717, 1.165) is 26.2 Å². The fourth-order valence-electron chi connectivity index (χ4n) is 2.48. The highest BCUT2D eigenvalue weighted by molar-refractivity contribution is 5.81. The molecule has 1 amide bonds. The topological polar surface area (TPSA) is 61.6 Å². The van der Waals surface area contributed by atoms with Crippen LogP contribution in [0.1, 0.15) is 41.5 Å². The van der Waals surface area contributed by atoms with Crippen molar-refractivity contribution in [3.63, 3.8) is 0 Å². The van der Waals surface area contributed by atoms with Crippen molar-refractivity contribution in [2.24, 2.45) is 5.73 Å². The van der Waals surface area contributed by atoms with Crippen LogP contribution in [0.5, 0.6) is 0 Å². The van der Waals surface area contributed by atoms with Crippen molar-refractivity contribution in [1.29, 1.82) is 0 Å². The number of piperazine rings is 1. The van der Waals surface area contributed by atoms with Gasteiger partial charge < -0.3 is 11.1 Å². The second-order valence-electron chi connectivity index (χ2n) is 7.45. The zero-order chi connectivity index (χ0) is 15.6. The lowest BCUT2D eigenvalue weighted by atomic mass is 10.0. The molecule has 20 heavy (non-hydrogen) atoms. The van der Waals surface area contributed by atoms with Gasteiger partial charge in [-0.2, -0.15) is 0 Å². The number of nitrogens with two attached hydrogens (primary N) is 1. The first kappa shape index (κ1) is 17.4. The van der Waals surface area contributed by atoms with Crippen LogP contribution < -0.4 is 11.1 Å². The van der Waals surface area contributed by atoms with Crippen LogP contribution in [-0.4, -0.2) is 65.6 Å². The third-order valence-electron chi connectivity index (χ3n) is 4.10. The summed E-state index contributed by atoms with van der Waals surface area (Å²) in [6.45, 7) is 16.8. The summed E-state index contributed by atoms with van der Waals surface area (Å²) in [4.78, 5) is 16.9. The number of carbonyl (C=O) groups is 1. The van der Waals surface area contributed by atoms with Gasteiger partial charge in [-0.15, -0.1) is 0 Å². The lowest BCUT2D eigenvalue weighted by Gasteiger charge is -2.45. The summed E-state index contributed by atoms with van der Waals surface area (Å²) < 4.78 is 0. The van der Waals surface area contributed by atoms with Crippen molar-refractivity contribution in [1.82, 2.24) is 15.1 Å². The monoisotopic (exact) mass is 284 g/mol. The van der Waals surface area contributed by atoms with Crippen LogP contribution in [0, 0.1) is 0 Å². The number of hydrogen-bond acceptors (Lipinski definition) is 4. The molecule has 0 bridgehead atoms. The maximum absolute atomic E-state index is 12.2. The van der Waals surface area contributed by atoms with Gasteiger partial charge in [-0.1, -0.05) is 0 Å². The molecule has 0 aromatic carbocycles. The molecule has 0 aromatic rings. The molecule has 1 aliphatic rings. The Hall–Kier alpha value is -0.650. The first-order valence-corrected chi connectivity index (χ1v) is 7.58. The van der Waals surface area contributed by atoms with E-state index in [1.807, 2.05) is 27.7 Å². The van der Waals surface area contributed by atoms with E-state index in [1.165, 1.54) is 0 Å². The Bertz CT molecular complexity index is 327. The fourth-order valence-corrected chi connectivity index (χ4v) is 2.48. The summed E-state index contributed by atoms with van der Waals surface area (Å²) in [5, 5.41) is 3.05. The van der Waals surface area contributed by atoms with Gasteiger partial charge >= 0.3 is 0 Å². The van der Waals surface area contributed by atoms with Crippen LogP contribution in [0.15, 0.2) is 0 Å². The molecule has 1 unspecified atom stereocenters. The highest BCUT2D eigenvalue weighted by Gasteiger charge is 2.32. The summed E-state index contributed by atoms with van der Waals surface area (Å²) in [6.07, 6.45) is 0. The van der Waals surface area contributed by atoms with Gasteiger partial charge in [-0.3, -0.25) is 14.6 Å². The molecule has 0 aliphatic carbocycles. The number of hydrogen-bond donors (Lipinski definition) is 2. The van der Waals surface area contributed by atoms with E-state index in [2.05, 4.69) is 29.0 Å². The second kappa shape index (κ2) is 6.41. The lowest BCUT2D eigenvalue weighted by Crippen LogP contribution is -2.60. The summed E-state index contributed by atoms with van der Waals surface area (Å²) in [5.74, 6) is 0.115. The number of amides is 1. The Balaban J connectivity index is 2.51. The third kappa shape index (κ3) is 4.72. The minimum atomic E-state index is -0.172. The van der Waals surface area contributed by atoms with E-state index >= 15 is 0 Å². The zero-order valence-corrected chi connectivity index (χ0v) is 14.0. The average molecular weight is 284 g/mol. The molecular formula is C15H32N4O. The highest BCUT2D eigenvalue weighted by atomic mass is 16.2. The van der Waals surface area contributed by atoms with E-state index in [1.54, 1.807) is 0 Å². The Kier molecular flexibility index (Phi) is 5.58. The molecule has 3 N–H and O–H groups in total. The second-order valence-corrected chi connectivity index (χ2v) is 7.45. The molecular weight excluding hydrogens is 252 g/mol. The van der Waals surface area contributed by atoms with Gasteiger partial charge in [0.2, 0.25) is 5.91 Å². The molecule has 1 heterocycles. The molecule has 5 nitrogen and oxygen atoms in total.